The summed E-state index contributed by atoms with van der Waals surface area (Å²) in [5.74, 6) is 0.262. The summed E-state index contributed by atoms with van der Waals surface area (Å²) in [5, 5.41) is 3.30. The summed E-state index contributed by atoms with van der Waals surface area (Å²) in [6.07, 6.45) is 0.719. The van der Waals surface area contributed by atoms with Crippen LogP contribution in [-0.2, 0) is 0 Å². The molecule has 3 nitrogen and oxygen atoms in total. The summed E-state index contributed by atoms with van der Waals surface area (Å²) in [6, 6.07) is -0.783. The second-order valence-electron chi connectivity index (χ2n) is 1.79. The van der Waals surface area contributed by atoms with E-state index in [0.717, 1.165) is 6.42 Å². The van der Waals surface area contributed by atoms with Crippen LogP contribution in [0.1, 0.15) is 14.7 Å². The lowest BCUT2D eigenvalue weighted by molar-refractivity contribution is 0.887. The molecule has 0 aromatic rings. The fourth-order valence-corrected chi connectivity index (χ4v) is 0.452. The second-order valence-corrected chi connectivity index (χ2v) is 1.79. The quantitative estimate of drug-likeness (QED) is 0.272. The first-order chi connectivity index (χ1) is 3.69. The van der Waals surface area contributed by atoms with Gasteiger partial charge in [0.25, 0.3) is 0 Å². The van der Waals surface area contributed by atoms with Crippen molar-refractivity contribution in [1.29, 1.82) is 0 Å². The van der Waals surface area contributed by atoms with Gasteiger partial charge >= 0.3 is 0 Å². The minimum atomic E-state index is -0.783. The van der Waals surface area contributed by atoms with E-state index in [-0.39, 0.29) is 5.92 Å². The molecule has 1 rings (SSSR count). The van der Waals surface area contributed by atoms with Gasteiger partial charge in [0.2, 0.25) is 0 Å². The van der Waals surface area contributed by atoms with Crippen LogP contribution in [0.3, 0.4) is 0 Å². The highest BCUT2D eigenvalue weighted by Gasteiger charge is 2.30. The fourth-order valence-electron chi connectivity index (χ4n) is 0.452. The van der Waals surface area contributed by atoms with Crippen molar-refractivity contribution in [3.63, 3.8) is 0 Å². The molecule has 0 N–H and O–H groups in total. The van der Waals surface area contributed by atoms with E-state index in [1.54, 1.807) is 0 Å². The van der Waals surface area contributed by atoms with Crippen molar-refractivity contribution in [3.8, 4) is 0 Å². The Balaban J connectivity index is 2.59. The zero-order chi connectivity index (χ0) is 6.20. The van der Waals surface area contributed by atoms with Crippen molar-refractivity contribution in [2.45, 2.75) is 19.4 Å². The Hall–Kier alpha value is -0.690. The molecule has 0 heterocycles. The van der Waals surface area contributed by atoms with Crippen LogP contribution in [0.5, 0.6) is 0 Å². The van der Waals surface area contributed by atoms with Crippen molar-refractivity contribution in [2.24, 2.45) is 11.0 Å². The SMILES string of the molecule is [2H][C@@]1(N=[N+]=[N-])C[C@@H]1C. The maximum absolute atomic E-state index is 7.90. The molecule has 2 atom stereocenters. The first kappa shape index (κ1) is 3.33. The lowest BCUT2D eigenvalue weighted by atomic mass is 10.5. The summed E-state index contributed by atoms with van der Waals surface area (Å²) >= 11 is 0. The molecule has 38 valence electrons. The predicted molar refractivity (Wildman–Crippen MR) is 26.7 cm³/mol. The van der Waals surface area contributed by atoms with Crippen LogP contribution in [0.25, 0.3) is 10.4 Å². The number of nitrogens with zero attached hydrogens (tertiary/aromatic N) is 3. The van der Waals surface area contributed by atoms with Crippen molar-refractivity contribution < 1.29 is 1.37 Å². The van der Waals surface area contributed by atoms with Gasteiger partial charge in [0.1, 0.15) is 0 Å². The Morgan fingerprint density at radius 3 is 2.86 bits per heavy atom. The molecule has 7 heavy (non-hydrogen) atoms. The maximum Gasteiger partial charge on any atom is 0.0402 e. The Bertz CT molecular complexity index is 151. The van der Waals surface area contributed by atoms with Crippen LogP contribution in [0.15, 0.2) is 5.11 Å². The van der Waals surface area contributed by atoms with Gasteiger partial charge in [-0.05, 0) is 17.9 Å². The molecule has 1 saturated carbocycles. The molecule has 0 radical (unpaired) electrons. The minimum Gasteiger partial charge on any atom is -0.0903 e. The molecule has 0 amide bonds. The van der Waals surface area contributed by atoms with Crippen LogP contribution >= 0.6 is 0 Å². The molecule has 1 aliphatic carbocycles. The van der Waals surface area contributed by atoms with Crippen molar-refractivity contribution in [2.75, 3.05) is 0 Å². The third kappa shape index (κ3) is 0.842. The maximum atomic E-state index is 7.90. The lowest BCUT2D eigenvalue weighted by Crippen LogP contribution is -1.71. The zero-order valence-corrected chi connectivity index (χ0v) is 4.13. The van der Waals surface area contributed by atoms with E-state index < -0.39 is 6.02 Å². The standard InChI is InChI=1S/C4H7N3/c1-3-2-4(3)6-7-5/h3-4H,2H2,1H3/t3-,4+/m0/s1/i4D. The summed E-state index contributed by atoms with van der Waals surface area (Å²) < 4.78 is 7.23. The van der Waals surface area contributed by atoms with Crippen LogP contribution in [0, 0.1) is 5.92 Å². The zero-order valence-electron chi connectivity index (χ0n) is 5.13. The predicted octanol–water partition coefficient (Wildman–Crippen LogP) is 1.71. The van der Waals surface area contributed by atoms with Gasteiger partial charge in [-0.3, -0.25) is 0 Å². The molecule has 0 spiro atoms. The molecule has 0 aliphatic heterocycles. The van der Waals surface area contributed by atoms with E-state index in [4.69, 9.17) is 6.90 Å². The summed E-state index contributed by atoms with van der Waals surface area (Å²) in [4.78, 5) is 2.56. The third-order valence-corrected chi connectivity index (χ3v) is 1.10. The van der Waals surface area contributed by atoms with E-state index in [1.165, 1.54) is 0 Å². The third-order valence-electron chi connectivity index (χ3n) is 1.10. The van der Waals surface area contributed by atoms with Gasteiger partial charge in [0.05, 0.1) is 0 Å². The van der Waals surface area contributed by atoms with E-state index in [0.29, 0.717) is 0 Å². The Morgan fingerprint density at radius 2 is 2.71 bits per heavy atom. The topological polar surface area (TPSA) is 48.8 Å². The van der Waals surface area contributed by atoms with Crippen molar-refractivity contribution >= 4 is 0 Å². The Morgan fingerprint density at radius 1 is 2.14 bits per heavy atom. The number of azide groups is 1. The minimum absolute atomic E-state index is 0.262. The smallest absolute Gasteiger partial charge is 0.0402 e. The van der Waals surface area contributed by atoms with Gasteiger partial charge in [0, 0.05) is 12.3 Å². The fraction of sp³-hybridized carbons (Fsp3) is 1.00. The molecular weight excluding hydrogens is 90.1 g/mol. The molecule has 0 aromatic heterocycles. The van der Waals surface area contributed by atoms with Crippen molar-refractivity contribution in [1.82, 2.24) is 0 Å². The highest BCUT2D eigenvalue weighted by atomic mass is 15.2. The lowest BCUT2D eigenvalue weighted by Gasteiger charge is -1.70. The first-order valence-electron chi connectivity index (χ1n) is 2.75. The summed E-state index contributed by atoms with van der Waals surface area (Å²) in [6.45, 7) is 1.90. The molecule has 0 saturated heterocycles. The van der Waals surface area contributed by atoms with Gasteiger partial charge in [-0.2, -0.15) is 0 Å². The monoisotopic (exact) mass is 98.1 g/mol. The second kappa shape index (κ2) is 1.43. The van der Waals surface area contributed by atoms with Gasteiger partial charge in [-0.25, -0.2) is 0 Å². The van der Waals surface area contributed by atoms with E-state index in [2.05, 4.69) is 10.0 Å². The average Bonchev–Trinajstić information content (AvgIpc) is 2.16. The van der Waals surface area contributed by atoms with E-state index in [1.807, 2.05) is 6.92 Å². The molecule has 0 bridgehead atoms. The highest BCUT2D eigenvalue weighted by molar-refractivity contribution is 4.89. The summed E-state index contributed by atoms with van der Waals surface area (Å²) in [5.41, 5.74) is 7.90. The van der Waals surface area contributed by atoms with Crippen LogP contribution in [-0.4, -0.2) is 6.02 Å². The van der Waals surface area contributed by atoms with Gasteiger partial charge in [0.15, 0.2) is 0 Å². The number of hydrogen-bond acceptors (Lipinski definition) is 1. The molecule has 0 aromatic carbocycles. The highest BCUT2D eigenvalue weighted by Crippen LogP contribution is 2.32. The van der Waals surface area contributed by atoms with Gasteiger partial charge < -0.3 is 0 Å². The largest absolute Gasteiger partial charge is 0.0903 e. The van der Waals surface area contributed by atoms with Crippen LogP contribution < -0.4 is 0 Å². The Labute approximate surface area is 43.4 Å². The van der Waals surface area contributed by atoms with Crippen molar-refractivity contribution in [3.05, 3.63) is 10.4 Å². The number of hydrogen-bond donors (Lipinski definition) is 0. The first-order valence-corrected chi connectivity index (χ1v) is 2.25. The van der Waals surface area contributed by atoms with E-state index in [9.17, 15) is 0 Å². The molecule has 1 aliphatic rings. The molecule has 3 heteroatoms. The van der Waals surface area contributed by atoms with Gasteiger partial charge in [-0.15, -0.1) is 0 Å². The van der Waals surface area contributed by atoms with Crippen LogP contribution in [0.4, 0.5) is 0 Å². The van der Waals surface area contributed by atoms with Gasteiger partial charge in [-0.1, -0.05) is 12.0 Å². The molecule has 0 unspecified atom stereocenters. The Kier molecular flexibility index (Phi) is 0.679. The van der Waals surface area contributed by atoms with E-state index >= 15 is 0 Å². The normalized spacial score (nSPS) is 49.3. The molecule has 1 fully saturated rings. The van der Waals surface area contributed by atoms with Crippen LogP contribution in [0.2, 0.25) is 0 Å². The average molecular weight is 98.1 g/mol. The summed E-state index contributed by atoms with van der Waals surface area (Å²) in [7, 11) is 0. The molecular formula is C4H7N3. The number of rotatable bonds is 1.